The van der Waals surface area contributed by atoms with Crippen molar-refractivity contribution in [3.05, 3.63) is 35.4 Å². The van der Waals surface area contributed by atoms with Crippen molar-refractivity contribution in [1.29, 1.82) is 0 Å². The summed E-state index contributed by atoms with van der Waals surface area (Å²) >= 11 is 0. The molecule has 2 aliphatic rings. The number of carbonyl (C=O) groups is 1. The minimum atomic E-state index is -0.0866. The summed E-state index contributed by atoms with van der Waals surface area (Å²) in [6, 6.07) is 8.37. The van der Waals surface area contributed by atoms with Crippen LogP contribution in [0.15, 0.2) is 24.3 Å². The van der Waals surface area contributed by atoms with Gasteiger partial charge in [-0.1, -0.05) is 37.1 Å². The third kappa shape index (κ3) is 6.01. The molecule has 1 atom stereocenters. The topological polar surface area (TPSA) is 53.6 Å². The van der Waals surface area contributed by atoms with Crippen molar-refractivity contribution in [2.75, 3.05) is 32.8 Å². The van der Waals surface area contributed by atoms with E-state index in [9.17, 15) is 4.79 Å². The first-order valence-electron chi connectivity index (χ1n) is 9.70. The largest absolute Gasteiger partial charge is 0.381 e. The molecule has 3 rings (SSSR count). The van der Waals surface area contributed by atoms with Gasteiger partial charge in [0, 0.05) is 32.2 Å². The molecule has 2 fully saturated rings. The number of amides is 2. The van der Waals surface area contributed by atoms with Gasteiger partial charge in [0.15, 0.2) is 0 Å². The third-order valence-electron chi connectivity index (χ3n) is 5.23. The van der Waals surface area contributed by atoms with Gasteiger partial charge in [0.1, 0.15) is 0 Å². The summed E-state index contributed by atoms with van der Waals surface area (Å²) < 4.78 is 5.34. The third-order valence-corrected chi connectivity index (χ3v) is 5.23. The molecule has 2 aliphatic heterocycles. The number of carbonyl (C=O) groups excluding carboxylic acids is 1. The number of benzene rings is 1. The highest BCUT2D eigenvalue weighted by atomic mass is 16.5. The van der Waals surface area contributed by atoms with Gasteiger partial charge in [-0.25, -0.2) is 4.79 Å². The molecule has 0 saturated carbocycles. The molecule has 5 nitrogen and oxygen atoms in total. The highest BCUT2D eigenvalue weighted by molar-refractivity contribution is 5.73. The molecule has 25 heavy (non-hydrogen) atoms. The van der Waals surface area contributed by atoms with Gasteiger partial charge in [-0.15, -0.1) is 0 Å². The first kappa shape index (κ1) is 18.2. The molecule has 2 amide bonds. The van der Waals surface area contributed by atoms with Crippen LogP contribution >= 0.6 is 0 Å². The zero-order valence-electron chi connectivity index (χ0n) is 15.1. The molecule has 1 aromatic rings. The van der Waals surface area contributed by atoms with Gasteiger partial charge in [-0.3, -0.25) is 4.90 Å². The lowest BCUT2D eigenvalue weighted by Crippen LogP contribution is -2.38. The predicted molar refractivity (Wildman–Crippen MR) is 99.4 cm³/mol. The maximum atomic E-state index is 12.0. The lowest BCUT2D eigenvalue weighted by atomic mass is 10.1. The first-order valence-corrected chi connectivity index (χ1v) is 9.70. The van der Waals surface area contributed by atoms with Crippen molar-refractivity contribution in [2.24, 2.45) is 5.92 Å². The zero-order valence-corrected chi connectivity index (χ0v) is 15.1. The summed E-state index contributed by atoms with van der Waals surface area (Å²) in [4.78, 5) is 14.6. The van der Waals surface area contributed by atoms with Crippen LogP contribution in [0.25, 0.3) is 0 Å². The van der Waals surface area contributed by atoms with Gasteiger partial charge < -0.3 is 15.4 Å². The van der Waals surface area contributed by atoms with Crippen molar-refractivity contribution in [3.63, 3.8) is 0 Å². The smallest absolute Gasteiger partial charge is 0.315 e. The van der Waals surface area contributed by atoms with Crippen LogP contribution in [-0.2, 0) is 17.8 Å². The Morgan fingerprint density at radius 2 is 1.84 bits per heavy atom. The number of hydrogen-bond donors (Lipinski definition) is 2. The molecule has 5 heteroatoms. The van der Waals surface area contributed by atoms with Crippen LogP contribution in [-0.4, -0.2) is 43.8 Å². The van der Waals surface area contributed by atoms with E-state index >= 15 is 0 Å². The van der Waals surface area contributed by atoms with Gasteiger partial charge in [0.2, 0.25) is 0 Å². The monoisotopic (exact) mass is 345 g/mol. The first-order chi connectivity index (χ1) is 12.3. The summed E-state index contributed by atoms with van der Waals surface area (Å²) in [6.45, 7) is 6.21. The normalized spacial score (nSPS) is 21.7. The second-order valence-corrected chi connectivity index (χ2v) is 7.25. The minimum absolute atomic E-state index is 0.0866. The van der Waals surface area contributed by atoms with Crippen molar-refractivity contribution >= 4 is 6.03 Å². The van der Waals surface area contributed by atoms with Crippen molar-refractivity contribution in [3.8, 4) is 0 Å². The molecule has 0 spiro atoms. The fourth-order valence-electron chi connectivity index (χ4n) is 3.64. The molecule has 2 saturated heterocycles. The van der Waals surface area contributed by atoms with Gasteiger partial charge >= 0.3 is 6.03 Å². The summed E-state index contributed by atoms with van der Waals surface area (Å²) in [6.07, 6.45) is 6.35. The lowest BCUT2D eigenvalue weighted by Gasteiger charge is -2.21. The SMILES string of the molecule is O=C(NCc1ccccc1CN1CCCCCC1)NC[C@@H]1CCOC1. The predicted octanol–water partition coefficient (Wildman–Crippen LogP) is 2.90. The highest BCUT2D eigenvalue weighted by Crippen LogP contribution is 2.16. The van der Waals surface area contributed by atoms with Crippen LogP contribution in [0.2, 0.25) is 0 Å². The van der Waals surface area contributed by atoms with E-state index in [0.717, 1.165) is 26.2 Å². The van der Waals surface area contributed by atoms with Gasteiger partial charge in [0.25, 0.3) is 0 Å². The molecule has 138 valence electrons. The highest BCUT2D eigenvalue weighted by Gasteiger charge is 2.16. The second-order valence-electron chi connectivity index (χ2n) is 7.25. The number of nitrogens with one attached hydrogen (secondary N) is 2. The fraction of sp³-hybridized carbons (Fsp3) is 0.650. The van der Waals surface area contributed by atoms with Crippen LogP contribution < -0.4 is 10.6 Å². The second kappa shape index (κ2) is 9.78. The zero-order chi connectivity index (χ0) is 17.3. The van der Waals surface area contributed by atoms with E-state index in [4.69, 9.17) is 4.74 Å². The quantitative estimate of drug-likeness (QED) is 0.833. The summed E-state index contributed by atoms with van der Waals surface area (Å²) in [5, 5.41) is 5.97. The molecule has 0 unspecified atom stereocenters. The number of nitrogens with zero attached hydrogens (tertiary/aromatic N) is 1. The Morgan fingerprint density at radius 1 is 1.08 bits per heavy atom. The average Bonchev–Trinajstić information content (AvgIpc) is 3.03. The Morgan fingerprint density at radius 3 is 2.56 bits per heavy atom. The maximum absolute atomic E-state index is 12.0. The minimum Gasteiger partial charge on any atom is -0.381 e. The van der Waals surface area contributed by atoms with Crippen LogP contribution in [0, 0.1) is 5.92 Å². The van der Waals surface area contributed by atoms with E-state index < -0.39 is 0 Å². The molecular weight excluding hydrogens is 314 g/mol. The van der Waals surface area contributed by atoms with E-state index in [1.807, 2.05) is 0 Å². The van der Waals surface area contributed by atoms with Gasteiger partial charge in [-0.05, 0) is 43.5 Å². The van der Waals surface area contributed by atoms with Crippen molar-refractivity contribution < 1.29 is 9.53 Å². The number of hydrogen-bond acceptors (Lipinski definition) is 3. The van der Waals surface area contributed by atoms with Crippen molar-refractivity contribution in [1.82, 2.24) is 15.5 Å². The van der Waals surface area contributed by atoms with E-state index in [-0.39, 0.29) is 6.03 Å². The molecule has 0 aromatic heterocycles. The number of ether oxygens (including phenoxy) is 1. The molecule has 0 radical (unpaired) electrons. The Hall–Kier alpha value is -1.59. The summed E-state index contributed by atoms with van der Waals surface area (Å²) in [5.41, 5.74) is 2.54. The lowest BCUT2D eigenvalue weighted by molar-refractivity contribution is 0.185. The Labute approximate surface area is 151 Å². The Bertz CT molecular complexity index is 535. The standard InChI is InChI=1S/C20H31N3O2/c24-20(21-13-17-9-12-25-16-17)22-14-18-7-3-4-8-19(18)15-23-10-5-1-2-6-11-23/h3-4,7-8,17H,1-2,5-6,9-16H2,(H2,21,22,24)/t17-/m0/s1. The Balaban J connectivity index is 1.47. The maximum Gasteiger partial charge on any atom is 0.315 e. The van der Waals surface area contributed by atoms with Crippen LogP contribution in [0.5, 0.6) is 0 Å². The van der Waals surface area contributed by atoms with E-state index in [1.165, 1.54) is 49.9 Å². The molecular formula is C20H31N3O2. The van der Waals surface area contributed by atoms with E-state index in [0.29, 0.717) is 19.0 Å². The number of rotatable bonds is 6. The van der Waals surface area contributed by atoms with Gasteiger partial charge in [0.05, 0.1) is 6.61 Å². The van der Waals surface area contributed by atoms with E-state index in [1.54, 1.807) is 0 Å². The van der Waals surface area contributed by atoms with Gasteiger partial charge in [-0.2, -0.15) is 0 Å². The molecule has 1 aromatic carbocycles. The molecule has 0 aliphatic carbocycles. The number of likely N-dealkylation sites (tertiary alicyclic amines) is 1. The number of urea groups is 1. The fourth-order valence-corrected chi connectivity index (χ4v) is 3.64. The van der Waals surface area contributed by atoms with Crippen LogP contribution in [0.1, 0.15) is 43.2 Å². The van der Waals surface area contributed by atoms with Crippen molar-refractivity contribution in [2.45, 2.75) is 45.2 Å². The van der Waals surface area contributed by atoms with Crippen LogP contribution in [0.3, 0.4) is 0 Å². The van der Waals surface area contributed by atoms with E-state index in [2.05, 4.69) is 39.8 Å². The summed E-state index contributed by atoms with van der Waals surface area (Å²) in [7, 11) is 0. The average molecular weight is 345 g/mol. The molecule has 0 bridgehead atoms. The molecule has 2 heterocycles. The Kier molecular flexibility index (Phi) is 7.12. The molecule has 2 N–H and O–H groups in total. The summed E-state index contributed by atoms with van der Waals surface area (Å²) in [5.74, 6) is 0.459. The van der Waals surface area contributed by atoms with Crippen LogP contribution in [0.4, 0.5) is 4.79 Å².